The molecule has 0 unspecified atom stereocenters. The highest BCUT2D eigenvalue weighted by molar-refractivity contribution is 6.52. The van der Waals surface area contributed by atoms with Crippen molar-refractivity contribution in [2.45, 2.75) is 13.5 Å². The van der Waals surface area contributed by atoms with Gasteiger partial charge >= 0.3 is 5.76 Å². The molecule has 0 fully saturated rings. The van der Waals surface area contributed by atoms with E-state index in [0.29, 0.717) is 12.1 Å². The first-order valence-corrected chi connectivity index (χ1v) is 5.57. The molecule has 0 aliphatic heterocycles. The molecule has 1 aliphatic rings. The van der Waals surface area contributed by atoms with Crippen molar-refractivity contribution in [2.75, 3.05) is 0 Å². The molecule has 1 aromatic heterocycles. The molecule has 5 nitrogen and oxygen atoms in total. The molecule has 0 bridgehead atoms. The number of hydrogen-bond donors (Lipinski definition) is 0. The number of fused-ring (bicyclic) bond motifs is 3. The maximum absolute atomic E-state index is 12.0. The Balaban J connectivity index is 2.44. The van der Waals surface area contributed by atoms with Crippen LogP contribution in [0.3, 0.4) is 0 Å². The minimum absolute atomic E-state index is 0.0613. The predicted octanol–water partition coefficient (Wildman–Crippen LogP) is 1.51. The van der Waals surface area contributed by atoms with Gasteiger partial charge in [-0.3, -0.25) is 14.2 Å². The van der Waals surface area contributed by atoms with Crippen LogP contribution in [0.25, 0.3) is 11.3 Å². The number of carbonyl (C=O) groups excluding carboxylic acids is 2. The Morgan fingerprint density at radius 2 is 1.72 bits per heavy atom. The summed E-state index contributed by atoms with van der Waals surface area (Å²) in [5.41, 5.74) is 0.847. The fourth-order valence-corrected chi connectivity index (χ4v) is 2.21. The van der Waals surface area contributed by atoms with E-state index in [0.717, 1.165) is 0 Å². The van der Waals surface area contributed by atoms with E-state index >= 15 is 0 Å². The van der Waals surface area contributed by atoms with Crippen LogP contribution in [0.4, 0.5) is 0 Å². The Labute approximate surface area is 102 Å². The van der Waals surface area contributed by atoms with E-state index in [2.05, 4.69) is 0 Å². The summed E-state index contributed by atoms with van der Waals surface area (Å²) in [6, 6.07) is 6.63. The van der Waals surface area contributed by atoms with Crippen molar-refractivity contribution < 1.29 is 14.0 Å². The standard InChI is InChI=1S/C13H9NO4/c1-2-14-9-11(16)10(15)7-5-3-4-6-8(7)12(9)18-13(14)17/h3-6H,2H2,1H3. The summed E-state index contributed by atoms with van der Waals surface area (Å²) in [6.07, 6.45) is 0. The van der Waals surface area contributed by atoms with Crippen molar-refractivity contribution in [1.82, 2.24) is 4.57 Å². The van der Waals surface area contributed by atoms with Crippen LogP contribution in [0.1, 0.15) is 27.8 Å². The Kier molecular flexibility index (Phi) is 2.10. The maximum atomic E-state index is 12.0. The number of hydrogen-bond acceptors (Lipinski definition) is 4. The molecule has 18 heavy (non-hydrogen) atoms. The van der Waals surface area contributed by atoms with E-state index in [4.69, 9.17) is 4.42 Å². The fraction of sp³-hybridized carbons (Fsp3) is 0.154. The number of aromatic nitrogens is 1. The number of benzene rings is 1. The Bertz CT molecular complexity index is 736. The van der Waals surface area contributed by atoms with E-state index in [1.54, 1.807) is 31.2 Å². The first-order valence-electron chi connectivity index (χ1n) is 5.57. The zero-order valence-corrected chi connectivity index (χ0v) is 9.60. The monoisotopic (exact) mass is 243 g/mol. The van der Waals surface area contributed by atoms with Gasteiger partial charge in [-0.15, -0.1) is 0 Å². The van der Waals surface area contributed by atoms with Gasteiger partial charge in [0.2, 0.25) is 5.78 Å². The Morgan fingerprint density at radius 3 is 2.39 bits per heavy atom. The van der Waals surface area contributed by atoms with Crippen LogP contribution >= 0.6 is 0 Å². The van der Waals surface area contributed by atoms with Gasteiger partial charge in [0.05, 0.1) is 0 Å². The van der Waals surface area contributed by atoms with Gasteiger partial charge in [0, 0.05) is 17.7 Å². The van der Waals surface area contributed by atoms with E-state index < -0.39 is 17.3 Å². The molecular formula is C13H9NO4. The fourth-order valence-electron chi connectivity index (χ4n) is 2.21. The van der Waals surface area contributed by atoms with Gasteiger partial charge in [0.15, 0.2) is 5.76 Å². The number of ketones is 2. The van der Waals surface area contributed by atoms with E-state index in [9.17, 15) is 14.4 Å². The van der Waals surface area contributed by atoms with Crippen LogP contribution < -0.4 is 5.76 Å². The topological polar surface area (TPSA) is 69.3 Å². The average molecular weight is 243 g/mol. The van der Waals surface area contributed by atoms with E-state index in [1.807, 2.05) is 0 Å². The summed E-state index contributed by atoms with van der Waals surface area (Å²) in [7, 11) is 0. The molecule has 0 spiro atoms. The summed E-state index contributed by atoms with van der Waals surface area (Å²) in [5, 5.41) is 0. The average Bonchev–Trinajstić information content (AvgIpc) is 2.73. The molecule has 0 atom stereocenters. The van der Waals surface area contributed by atoms with E-state index in [-0.39, 0.29) is 17.0 Å². The molecule has 0 N–H and O–H groups in total. The quantitative estimate of drug-likeness (QED) is 0.712. The zero-order chi connectivity index (χ0) is 12.9. The predicted molar refractivity (Wildman–Crippen MR) is 62.7 cm³/mol. The van der Waals surface area contributed by atoms with Gasteiger partial charge in [-0.1, -0.05) is 24.3 Å². The highest BCUT2D eigenvalue weighted by atomic mass is 16.4. The lowest BCUT2D eigenvalue weighted by atomic mass is 9.91. The molecule has 1 heterocycles. The SMILES string of the molecule is CCn1c2c(oc1=O)-c1ccccc1C(=O)C2=O. The molecule has 3 rings (SSSR count). The molecule has 0 saturated heterocycles. The second-order valence-corrected chi connectivity index (χ2v) is 3.99. The number of oxazole rings is 1. The molecule has 1 aliphatic carbocycles. The molecule has 0 amide bonds. The number of Topliss-reactive ketones (excluding diaryl/α,β-unsaturated/α-hetero) is 2. The smallest absolute Gasteiger partial charge is 0.407 e. The number of rotatable bonds is 1. The summed E-state index contributed by atoms with van der Waals surface area (Å²) >= 11 is 0. The minimum Gasteiger partial charge on any atom is -0.407 e. The van der Waals surface area contributed by atoms with Gasteiger partial charge in [-0.05, 0) is 6.92 Å². The Morgan fingerprint density at radius 1 is 1.06 bits per heavy atom. The van der Waals surface area contributed by atoms with Crippen LogP contribution in [0, 0.1) is 0 Å². The van der Waals surface area contributed by atoms with Crippen molar-refractivity contribution in [3.63, 3.8) is 0 Å². The van der Waals surface area contributed by atoms with Crippen LogP contribution in [0.2, 0.25) is 0 Å². The molecular weight excluding hydrogens is 234 g/mol. The van der Waals surface area contributed by atoms with Gasteiger partial charge in [0.25, 0.3) is 5.78 Å². The van der Waals surface area contributed by atoms with Crippen molar-refractivity contribution in [2.24, 2.45) is 0 Å². The van der Waals surface area contributed by atoms with Crippen LogP contribution in [0.5, 0.6) is 0 Å². The summed E-state index contributed by atoms with van der Waals surface area (Å²) in [5.74, 6) is -1.69. The first-order chi connectivity index (χ1) is 8.65. The lowest BCUT2D eigenvalue weighted by Gasteiger charge is -2.13. The van der Waals surface area contributed by atoms with Crippen molar-refractivity contribution >= 4 is 11.6 Å². The Hall–Kier alpha value is -2.43. The highest BCUT2D eigenvalue weighted by Crippen LogP contribution is 2.32. The van der Waals surface area contributed by atoms with Gasteiger partial charge in [-0.25, -0.2) is 4.79 Å². The van der Waals surface area contributed by atoms with Crippen LogP contribution in [-0.2, 0) is 6.54 Å². The van der Waals surface area contributed by atoms with Crippen molar-refractivity contribution in [3.05, 3.63) is 46.1 Å². The summed E-state index contributed by atoms with van der Waals surface area (Å²) in [4.78, 5) is 35.6. The maximum Gasteiger partial charge on any atom is 0.420 e. The molecule has 1 aromatic carbocycles. The van der Waals surface area contributed by atoms with Crippen LogP contribution in [0.15, 0.2) is 33.5 Å². The van der Waals surface area contributed by atoms with Crippen LogP contribution in [-0.4, -0.2) is 16.1 Å². The van der Waals surface area contributed by atoms with Gasteiger partial charge in [-0.2, -0.15) is 0 Å². The molecule has 2 aromatic rings. The lowest BCUT2D eigenvalue weighted by molar-refractivity contribution is 0.0809. The highest BCUT2D eigenvalue weighted by Gasteiger charge is 2.36. The zero-order valence-electron chi connectivity index (χ0n) is 9.60. The second kappa shape index (κ2) is 3.53. The summed E-state index contributed by atoms with van der Waals surface area (Å²) < 4.78 is 6.29. The normalized spacial score (nSPS) is 13.4. The third-order valence-electron chi connectivity index (χ3n) is 3.05. The lowest BCUT2D eigenvalue weighted by Crippen LogP contribution is -2.26. The molecule has 5 heteroatoms. The largest absolute Gasteiger partial charge is 0.420 e. The summed E-state index contributed by atoms with van der Waals surface area (Å²) in [6.45, 7) is 2.01. The minimum atomic E-state index is -0.684. The molecule has 0 radical (unpaired) electrons. The van der Waals surface area contributed by atoms with Gasteiger partial charge < -0.3 is 4.42 Å². The second-order valence-electron chi connectivity index (χ2n) is 3.99. The molecule has 0 saturated carbocycles. The van der Waals surface area contributed by atoms with Crippen molar-refractivity contribution in [1.29, 1.82) is 0 Å². The van der Waals surface area contributed by atoms with E-state index in [1.165, 1.54) is 4.57 Å². The molecule has 90 valence electrons. The third kappa shape index (κ3) is 1.18. The third-order valence-corrected chi connectivity index (χ3v) is 3.05. The number of carbonyl (C=O) groups is 2. The van der Waals surface area contributed by atoms with Gasteiger partial charge in [0.1, 0.15) is 5.69 Å². The van der Waals surface area contributed by atoms with Crippen molar-refractivity contribution in [3.8, 4) is 11.3 Å². The first kappa shape index (κ1) is 10.7. The number of nitrogens with zero attached hydrogens (tertiary/aromatic N) is 1.